The van der Waals surface area contributed by atoms with E-state index in [9.17, 15) is 0 Å². The molecule has 0 radical (unpaired) electrons. The second-order valence-corrected chi connectivity index (χ2v) is 5.84. The van der Waals surface area contributed by atoms with E-state index in [0.29, 0.717) is 19.8 Å². The minimum atomic E-state index is 0.253. The molecule has 1 N–H and O–H groups in total. The van der Waals surface area contributed by atoms with E-state index in [1.54, 1.807) is 0 Å². The number of benzene rings is 1. The van der Waals surface area contributed by atoms with Crippen LogP contribution in [0.4, 0.5) is 0 Å². The van der Waals surface area contributed by atoms with E-state index in [-0.39, 0.29) is 12.1 Å². The first-order chi connectivity index (χ1) is 10.0. The molecule has 1 aromatic carbocycles. The molecule has 0 saturated carbocycles. The summed E-state index contributed by atoms with van der Waals surface area (Å²) in [5.74, 6) is 0. The number of ether oxygens (including phenoxy) is 2. The van der Waals surface area contributed by atoms with Gasteiger partial charge in [0.25, 0.3) is 0 Å². The van der Waals surface area contributed by atoms with E-state index in [2.05, 4.69) is 44.3 Å². The van der Waals surface area contributed by atoms with Crippen LogP contribution in [0.5, 0.6) is 0 Å². The first kappa shape index (κ1) is 18.1. The van der Waals surface area contributed by atoms with E-state index >= 15 is 0 Å². The maximum Gasteiger partial charge on any atom is 0.0703 e. The molecule has 0 fully saturated rings. The Morgan fingerprint density at radius 2 is 1.86 bits per heavy atom. The molecule has 1 aromatic rings. The van der Waals surface area contributed by atoms with Gasteiger partial charge in [-0.3, -0.25) is 0 Å². The third-order valence-corrected chi connectivity index (χ3v) is 3.54. The molecule has 0 saturated heterocycles. The van der Waals surface area contributed by atoms with Crippen molar-refractivity contribution in [2.75, 3.05) is 26.4 Å². The molecule has 0 bridgehead atoms. The molecule has 0 spiro atoms. The van der Waals surface area contributed by atoms with Gasteiger partial charge in [0.1, 0.15) is 0 Å². The van der Waals surface area contributed by atoms with E-state index in [0.717, 1.165) is 13.0 Å². The molecular weight excluding hydrogens is 262 g/mol. The van der Waals surface area contributed by atoms with E-state index < -0.39 is 0 Å². The Morgan fingerprint density at radius 3 is 2.48 bits per heavy atom. The molecule has 21 heavy (non-hydrogen) atoms. The van der Waals surface area contributed by atoms with E-state index in [1.807, 2.05) is 13.8 Å². The fourth-order valence-corrected chi connectivity index (χ4v) is 2.12. The Labute approximate surface area is 130 Å². The van der Waals surface area contributed by atoms with E-state index in [1.165, 1.54) is 16.7 Å². The summed E-state index contributed by atoms with van der Waals surface area (Å²) < 4.78 is 11.3. The van der Waals surface area contributed by atoms with Crippen molar-refractivity contribution < 1.29 is 9.47 Å². The number of hydrogen-bond donors (Lipinski definition) is 1. The van der Waals surface area contributed by atoms with Gasteiger partial charge in [-0.2, -0.15) is 0 Å². The van der Waals surface area contributed by atoms with Gasteiger partial charge in [0.05, 0.1) is 32.0 Å². The number of aryl methyl sites for hydroxylation is 2. The van der Waals surface area contributed by atoms with Crippen molar-refractivity contribution in [2.24, 2.45) is 0 Å². The number of rotatable bonds is 10. The molecule has 0 heterocycles. The second-order valence-electron chi connectivity index (χ2n) is 5.84. The molecule has 3 heteroatoms. The molecular formula is C18H31NO2. The van der Waals surface area contributed by atoms with Crippen LogP contribution in [-0.2, 0) is 9.47 Å². The van der Waals surface area contributed by atoms with Gasteiger partial charge in [0.15, 0.2) is 0 Å². The quantitative estimate of drug-likeness (QED) is 0.666. The van der Waals surface area contributed by atoms with Gasteiger partial charge in [0.2, 0.25) is 0 Å². The Bertz CT molecular complexity index is 404. The summed E-state index contributed by atoms with van der Waals surface area (Å²) >= 11 is 0. The topological polar surface area (TPSA) is 30.5 Å². The lowest BCUT2D eigenvalue weighted by atomic mass is 10.0. The van der Waals surface area contributed by atoms with Crippen LogP contribution in [0, 0.1) is 13.8 Å². The fourth-order valence-electron chi connectivity index (χ4n) is 2.12. The summed E-state index contributed by atoms with van der Waals surface area (Å²) in [7, 11) is 0. The highest BCUT2D eigenvalue weighted by Crippen LogP contribution is 2.17. The number of nitrogens with one attached hydrogen (secondary N) is 1. The van der Waals surface area contributed by atoms with Crippen molar-refractivity contribution in [1.29, 1.82) is 0 Å². The Kier molecular flexibility index (Phi) is 8.58. The lowest BCUT2D eigenvalue weighted by molar-refractivity contribution is 0.0137. The van der Waals surface area contributed by atoms with Gasteiger partial charge in [-0.1, -0.05) is 25.1 Å². The van der Waals surface area contributed by atoms with Crippen LogP contribution in [0.3, 0.4) is 0 Å². The number of hydrogen-bond acceptors (Lipinski definition) is 3. The lowest BCUT2D eigenvalue weighted by Gasteiger charge is -2.20. The summed E-state index contributed by atoms with van der Waals surface area (Å²) in [6.07, 6.45) is 1.39. The average Bonchev–Trinajstić information content (AvgIpc) is 2.44. The summed E-state index contributed by atoms with van der Waals surface area (Å²) in [6, 6.07) is 6.90. The predicted molar refractivity (Wildman–Crippen MR) is 88.9 cm³/mol. The van der Waals surface area contributed by atoms with Crippen LogP contribution in [0.2, 0.25) is 0 Å². The van der Waals surface area contributed by atoms with Crippen molar-refractivity contribution in [2.45, 2.75) is 53.2 Å². The third kappa shape index (κ3) is 7.07. The largest absolute Gasteiger partial charge is 0.377 e. The molecule has 120 valence electrons. The van der Waals surface area contributed by atoms with Crippen molar-refractivity contribution in [1.82, 2.24) is 5.32 Å². The summed E-state index contributed by atoms with van der Waals surface area (Å²) in [6.45, 7) is 13.6. The normalized spacial score (nSPS) is 12.9. The maximum absolute atomic E-state index is 5.78. The zero-order valence-electron chi connectivity index (χ0n) is 14.2. The summed E-state index contributed by atoms with van der Waals surface area (Å²) in [5.41, 5.74) is 3.97. The highest BCUT2D eigenvalue weighted by atomic mass is 16.5. The molecule has 0 aliphatic carbocycles. The molecule has 0 aliphatic heterocycles. The van der Waals surface area contributed by atoms with Crippen molar-refractivity contribution in [3.05, 3.63) is 34.9 Å². The van der Waals surface area contributed by atoms with Gasteiger partial charge in [-0.25, -0.2) is 0 Å². The standard InChI is InChI=1S/C18H31NO2/c1-6-9-19-18(13-20-10-11-21-14(2)3)17-8-7-15(4)16(5)12-17/h7-8,12,14,18-19H,6,9-11,13H2,1-5H3. The zero-order valence-corrected chi connectivity index (χ0v) is 14.2. The highest BCUT2D eigenvalue weighted by Gasteiger charge is 2.11. The minimum Gasteiger partial charge on any atom is -0.377 e. The third-order valence-electron chi connectivity index (χ3n) is 3.54. The summed E-state index contributed by atoms with van der Waals surface area (Å²) in [5, 5.41) is 3.57. The smallest absolute Gasteiger partial charge is 0.0703 e. The Balaban J connectivity index is 2.52. The SMILES string of the molecule is CCCNC(COCCOC(C)C)c1ccc(C)c(C)c1. The molecule has 3 nitrogen and oxygen atoms in total. The first-order valence-corrected chi connectivity index (χ1v) is 8.04. The van der Waals surface area contributed by atoms with Gasteiger partial charge >= 0.3 is 0 Å². The predicted octanol–water partition coefficient (Wildman–Crippen LogP) is 3.79. The molecule has 0 amide bonds. The Hall–Kier alpha value is -0.900. The van der Waals surface area contributed by atoms with Crippen LogP contribution >= 0.6 is 0 Å². The molecule has 1 atom stereocenters. The van der Waals surface area contributed by atoms with Crippen LogP contribution in [-0.4, -0.2) is 32.5 Å². The van der Waals surface area contributed by atoms with Crippen molar-refractivity contribution >= 4 is 0 Å². The van der Waals surface area contributed by atoms with Crippen LogP contribution in [0.15, 0.2) is 18.2 Å². The molecule has 1 rings (SSSR count). The van der Waals surface area contributed by atoms with E-state index in [4.69, 9.17) is 9.47 Å². The van der Waals surface area contributed by atoms with Crippen molar-refractivity contribution in [3.63, 3.8) is 0 Å². The zero-order chi connectivity index (χ0) is 15.7. The van der Waals surface area contributed by atoms with Gasteiger partial charge in [0, 0.05) is 0 Å². The highest BCUT2D eigenvalue weighted by molar-refractivity contribution is 5.31. The average molecular weight is 293 g/mol. The van der Waals surface area contributed by atoms with Gasteiger partial charge < -0.3 is 14.8 Å². The molecule has 1 unspecified atom stereocenters. The molecule has 0 aromatic heterocycles. The van der Waals surface area contributed by atoms with Gasteiger partial charge in [-0.15, -0.1) is 0 Å². The lowest BCUT2D eigenvalue weighted by Crippen LogP contribution is -2.27. The first-order valence-electron chi connectivity index (χ1n) is 8.04. The van der Waals surface area contributed by atoms with Crippen LogP contribution in [0.1, 0.15) is 49.9 Å². The Morgan fingerprint density at radius 1 is 1.10 bits per heavy atom. The minimum absolute atomic E-state index is 0.253. The molecule has 0 aliphatic rings. The maximum atomic E-state index is 5.78. The second kappa shape index (κ2) is 9.93. The van der Waals surface area contributed by atoms with Crippen LogP contribution < -0.4 is 5.32 Å². The summed E-state index contributed by atoms with van der Waals surface area (Å²) in [4.78, 5) is 0. The van der Waals surface area contributed by atoms with Gasteiger partial charge in [-0.05, 0) is 57.4 Å². The van der Waals surface area contributed by atoms with Crippen molar-refractivity contribution in [3.8, 4) is 0 Å². The monoisotopic (exact) mass is 293 g/mol. The van der Waals surface area contributed by atoms with Crippen LogP contribution in [0.25, 0.3) is 0 Å². The fraction of sp³-hybridized carbons (Fsp3) is 0.667.